The number of carbonyl (C=O) groups is 2. The third kappa shape index (κ3) is 3.95. The van der Waals surface area contributed by atoms with Crippen molar-refractivity contribution in [2.24, 2.45) is 0 Å². The predicted molar refractivity (Wildman–Crippen MR) is 68.2 cm³/mol. The lowest BCUT2D eigenvalue weighted by molar-refractivity contribution is 0.0927. The molecule has 1 aromatic carbocycles. The molecule has 1 aromatic rings. The molecule has 1 N–H and O–H groups in total. The first-order valence-corrected chi connectivity index (χ1v) is 5.56. The number of terminal acetylenes is 1. The molecule has 94 valence electrons. The SMILES string of the molecule is C#CCC[C@H](NC(=O)OC)C(=O)c1ccccc1. The Morgan fingerprint density at radius 3 is 2.61 bits per heavy atom. The molecule has 0 aromatic heterocycles. The molecule has 0 aliphatic rings. The molecule has 0 aliphatic heterocycles. The quantitative estimate of drug-likeness (QED) is 0.637. The van der Waals surface area contributed by atoms with Crippen LogP contribution in [0.3, 0.4) is 0 Å². The molecule has 0 saturated heterocycles. The van der Waals surface area contributed by atoms with E-state index >= 15 is 0 Å². The smallest absolute Gasteiger partial charge is 0.407 e. The van der Waals surface area contributed by atoms with Gasteiger partial charge in [0.05, 0.1) is 13.2 Å². The van der Waals surface area contributed by atoms with Crippen LogP contribution < -0.4 is 5.32 Å². The van der Waals surface area contributed by atoms with Crippen molar-refractivity contribution in [3.8, 4) is 12.3 Å². The molecule has 0 unspecified atom stereocenters. The third-order valence-electron chi connectivity index (χ3n) is 2.43. The Morgan fingerprint density at radius 1 is 1.39 bits per heavy atom. The number of Topliss-reactive ketones (excluding diaryl/α,β-unsaturated/α-hetero) is 1. The fourth-order valence-electron chi connectivity index (χ4n) is 1.50. The van der Waals surface area contributed by atoms with Crippen molar-refractivity contribution in [2.45, 2.75) is 18.9 Å². The Labute approximate surface area is 106 Å². The summed E-state index contributed by atoms with van der Waals surface area (Å²) in [7, 11) is 1.25. The van der Waals surface area contributed by atoms with E-state index < -0.39 is 12.1 Å². The van der Waals surface area contributed by atoms with E-state index in [-0.39, 0.29) is 5.78 Å². The molecule has 0 fully saturated rings. The van der Waals surface area contributed by atoms with E-state index in [0.717, 1.165) is 0 Å². The number of nitrogens with one attached hydrogen (secondary N) is 1. The fraction of sp³-hybridized carbons (Fsp3) is 0.286. The van der Waals surface area contributed by atoms with Crippen molar-refractivity contribution in [1.82, 2.24) is 5.32 Å². The maximum absolute atomic E-state index is 12.2. The number of amides is 1. The lowest BCUT2D eigenvalue weighted by Crippen LogP contribution is -2.40. The number of alkyl carbamates (subject to hydrolysis) is 1. The lowest BCUT2D eigenvalue weighted by atomic mass is 10.0. The van der Waals surface area contributed by atoms with Crippen LogP contribution in [-0.4, -0.2) is 25.0 Å². The van der Waals surface area contributed by atoms with Crippen molar-refractivity contribution in [3.63, 3.8) is 0 Å². The third-order valence-corrected chi connectivity index (χ3v) is 2.43. The van der Waals surface area contributed by atoms with Crippen LogP contribution in [0.1, 0.15) is 23.2 Å². The van der Waals surface area contributed by atoms with Crippen molar-refractivity contribution in [2.75, 3.05) is 7.11 Å². The van der Waals surface area contributed by atoms with Crippen LogP contribution in [-0.2, 0) is 4.74 Å². The number of ether oxygens (including phenoxy) is 1. The molecule has 1 atom stereocenters. The van der Waals surface area contributed by atoms with Crippen LogP contribution in [0.5, 0.6) is 0 Å². The van der Waals surface area contributed by atoms with Gasteiger partial charge in [-0.1, -0.05) is 30.3 Å². The van der Waals surface area contributed by atoms with Gasteiger partial charge in [0, 0.05) is 12.0 Å². The Hall–Kier alpha value is -2.28. The molecule has 1 amide bonds. The van der Waals surface area contributed by atoms with Gasteiger partial charge in [-0.15, -0.1) is 12.3 Å². The highest BCUT2D eigenvalue weighted by Gasteiger charge is 2.21. The standard InChI is InChI=1S/C14H15NO3/c1-3-4-10-12(15-14(17)18-2)13(16)11-8-6-5-7-9-11/h1,5-9,12H,4,10H2,2H3,(H,15,17)/t12-/m0/s1. The van der Waals surface area contributed by atoms with Gasteiger partial charge in [0.25, 0.3) is 0 Å². The Balaban J connectivity index is 2.79. The Morgan fingerprint density at radius 2 is 2.06 bits per heavy atom. The molecule has 4 nitrogen and oxygen atoms in total. The van der Waals surface area contributed by atoms with Crippen LogP contribution in [0.4, 0.5) is 4.79 Å². The second kappa shape index (κ2) is 7.13. The van der Waals surface area contributed by atoms with E-state index in [4.69, 9.17) is 6.42 Å². The van der Waals surface area contributed by atoms with E-state index in [1.54, 1.807) is 24.3 Å². The minimum atomic E-state index is -0.657. The summed E-state index contributed by atoms with van der Waals surface area (Å²) < 4.78 is 4.49. The molecule has 4 heteroatoms. The number of ketones is 1. The topological polar surface area (TPSA) is 55.4 Å². The molecular formula is C14H15NO3. The predicted octanol–water partition coefficient (Wildman–Crippen LogP) is 2.01. The average molecular weight is 245 g/mol. The maximum atomic E-state index is 12.2. The van der Waals surface area contributed by atoms with Crippen molar-refractivity contribution >= 4 is 11.9 Å². The van der Waals surface area contributed by atoms with E-state index in [1.807, 2.05) is 6.07 Å². The van der Waals surface area contributed by atoms with Crippen LogP contribution in [0, 0.1) is 12.3 Å². The number of benzene rings is 1. The molecule has 0 bridgehead atoms. The molecule has 0 spiro atoms. The summed E-state index contributed by atoms with van der Waals surface area (Å²) in [6, 6.07) is 8.10. The van der Waals surface area contributed by atoms with Gasteiger partial charge in [-0.25, -0.2) is 4.79 Å². The van der Waals surface area contributed by atoms with Gasteiger partial charge < -0.3 is 10.1 Å². The van der Waals surface area contributed by atoms with Crippen molar-refractivity contribution < 1.29 is 14.3 Å². The Bertz CT molecular complexity index is 448. The van der Waals surface area contributed by atoms with Gasteiger partial charge in [-0.2, -0.15) is 0 Å². The summed E-state index contributed by atoms with van der Waals surface area (Å²) in [5.41, 5.74) is 0.538. The fourth-order valence-corrected chi connectivity index (χ4v) is 1.50. The normalized spacial score (nSPS) is 11.1. The lowest BCUT2D eigenvalue weighted by Gasteiger charge is -2.15. The van der Waals surface area contributed by atoms with E-state index in [0.29, 0.717) is 18.4 Å². The van der Waals surface area contributed by atoms with E-state index in [2.05, 4.69) is 16.0 Å². The first-order valence-electron chi connectivity index (χ1n) is 5.56. The summed E-state index contributed by atoms with van der Waals surface area (Å²) in [5, 5.41) is 2.49. The first kappa shape index (κ1) is 13.8. The van der Waals surface area contributed by atoms with Crippen molar-refractivity contribution in [1.29, 1.82) is 0 Å². The number of carbonyl (C=O) groups excluding carboxylic acids is 2. The number of hydrogen-bond acceptors (Lipinski definition) is 3. The minimum Gasteiger partial charge on any atom is -0.453 e. The van der Waals surface area contributed by atoms with Gasteiger partial charge in [-0.05, 0) is 6.42 Å². The largest absolute Gasteiger partial charge is 0.453 e. The summed E-state index contributed by atoms with van der Waals surface area (Å²) in [6.45, 7) is 0. The van der Waals surface area contributed by atoms with Gasteiger partial charge in [0.1, 0.15) is 0 Å². The van der Waals surface area contributed by atoms with Crippen LogP contribution in [0.25, 0.3) is 0 Å². The van der Waals surface area contributed by atoms with Gasteiger partial charge >= 0.3 is 6.09 Å². The zero-order chi connectivity index (χ0) is 13.4. The average Bonchev–Trinajstić information content (AvgIpc) is 2.43. The molecule has 0 heterocycles. The second-order valence-corrected chi connectivity index (χ2v) is 3.66. The summed E-state index contributed by atoms with van der Waals surface area (Å²) in [4.78, 5) is 23.3. The number of methoxy groups -OCH3 is 1. The molecule has 0 aliphatic carbocycles. The molecule has 18 heavy (non-hydrogen) atoms. The van der Waals surface area contributed by atoms with E-state index in [9.17, 15) is 9.59 Å². The zero-order valence-corrected chi connectivity index (χ0v) is 10.2. The maximum Gasteiger partial charge on any atom is 0.407 e. The van der Waals surface area contributed by atoms with Gasteiger partial charge in [0.15, 0.2) is 5.78 Å². The Kier molecular flexibility index (Phi) is 5.46. The van der Waals surface area contributed by atoms with E-state index in [1.165, 1.54) is 7.11 Å². The van der Waals surface area contributed by atoms with Gasteiger partial charge in [-0.3, -0.25) is 4.79 Å². The van der Waals surface area contributed by atoms with Crippen LogP contribution >= 0.6 is 0 Å². The second-order valence-electron chi connectivity index (χ2n) is 3.66. The number of hydrogen-bond donors (Lipinski definition) is 1. The summed E-state index contributed by atoms with van der Waals surface area (Å²) in [6.07, 6.45) is 5.33. The van der Waals surface area contributed by atoms with Crippen LogP contribution in [0.2, 0.25) is 0 Å². The molecular weight excluding hydrogens is 230 g/mol. The number of rotatable bonds is 5. The highest BCUT2D eigenvalue weighted by atomic mass is 16.5. The minimum absolute atomic E-state index is 0.170. The molecule has 0 saturated carbocycles. The monoisotopic (exact) mass is 245 g/mol. The zero-order valence-electron chi connectivity index (χ0n) is 10.2. The highest BCUT2D eigenvalue weighted by Crippen LogP contribution is 2.08. The summed E-state index contributed by atoms with van der Waals surface area (Å²) in [5.74, 6) is 2.28. The highest BCUT2D eigenvalue weighted by molar-refractivity contribution is 6.01. The van der Waals surface area contributed by atoms with Crippen LogP contribution in [0.15, 0.2) is 30.3 Å². The molecule has 1 rings (SSSR count). The van der Waals surface area contributed by atoms with Crippen molar-refractivity contribution in [3.05, 3.63) is 35.9 Å². The molecule has 0 radical (unpaired) electrons. The first-order chi connectivity index (χ1) is 8.69. The van der Waals surface area contributed by atoms with Gasteiger partial charge in [0.2, 0.25) is 0 Å². The summed E-state index contributed by atoms with van der Waals surface area (Å²) >= 11 is 0.